The summed E-state index contributed by atoms with van der Waals surface area (Å²) in [5.41, 5.74) is 4.32. The minimum atomic E-state index is -0.248. The first kappa shape index (κ1) is 18.2. The Morgan fingerprint density at radius 1 is 1.17 bits per heavy atom. The minimum absolute atomic E-state index is 0.248. The summed E-state index contributed by atoms with van der Waals surface area (Å²) in [4.78, 5) is 22.4. The number of thiazole rings is 2. The monoisotopic (exact) mass is 419 g/mol. The van der Waals surface area contributed by atoms with Crippen LogP contribution in [0.1, 0.15) is 10.4 Å². The van der Waals surface area contributed by atoms with Crippen LogP contribution in [-0.4, -0.2) is 29.2 Å². The molecule has 0 radical (unpaired) electrons. The maximum Gasteiger partial charge on any atom is 0.279 e. The zero-order chi connectivity index (χ0) is 19.8. The summed E-state index contributed by atoms with van der Waals surface area (Å²) in [5.74, 6) is -0.248. The number of rotatable bonds is 4. The number of methoxy groups -OCH3 is 1. The van der Waals surface area contributed by atoms with Gasteiger partial charge in [-0.2, -0.15) is 4.99 Å². The Bertz CT molecular complexity index is 1430. The van der Waals surface area contributed by atoms with Gasteiger partial charge in [-0.3, -0.25) is 4.79 Å². The molecule has 0 bridgehead atoms. The molecule has 0 fully saturated rings. The summed E-state index contributed by atoms with van der Waals surface area (Å²) in [6.07, 6.45) is 0. The van der Waals surface area contributed by atoms with Crippen molar-refractivity contribution in [2.75, 3.05) is 13.7 Å². The number of hydrogen-bond donors (Lipinski definition) is 0. The number of aromatic nitrogens is 2. The van der Waals surface area contributed by atoms with E-state index in [0.29, 0.717) is 23.5 Å². The first-order valence-electron chi connectivity index (χ1n) is 9.17. The van der Waals surface area contributed by atoms with E-state index in [1.54, 1.807) is 30.0 Å². The molecule has 1 amide bonds. The third-order valence-electron chi connectivity index (χ3n) is 4.87. The molecule has 0 aliphatic heterocycles. The fraction of sp³-hybridized carbons (Fsp3) is 0.136. The van der Waals surface area contributed by atoms with Gasteiger partial charge in [0.1, 0.15) is 0 Å². The zero-order valence-corrected chi connectivity index (χ0v) is 17.3. The molecule has 0 N–H and O–H groups in total. The van der Waals surface area contributed by atoms with E-state index in [2.05, 4.69) is 38.8 Å². The van der Waals surface area contributed by atoms with E-state index in [9.17, 15) is 4.79 Å². The fourth-order valence-electron chi connectivity index (χ4n) is 3.42. The van der Waals surface area contributed by atoms with Crippen molar-refractivity contribution in [1.29, 1.82) is 0 Å². The molecule has 5 rings (SSSR count). The van der Waals surface area contributed by atoms with Crippen molar-refractivity contribution in [3.63, 3.8) is 0 Å². The maximum atomic E-state index is 12.9. The van der Waals surface area contributed by atoms with Gasteiger partial charge in [0.2, 0.25) is 0 Å². The predicted octanol–water partition coefficient (Wildman–Crippen LogP) is 4.85. The van der Waals surface area contributed by atoms with E-state index >= 15 is 0 Å². The minimum Gasteiger partial charge on any atom is -0.383 e. The van der Waals surface area contributed by atoms with Crippen LogP contribution in [0.5, 0.6) is 0 Å². The van der Waals surface area contributed by atoms with Crippen LogP contribution in [0, 0.1) is 0 Å². The second-order valence-electron chi connectivity index (χ2n) is 6.62. The number of nitrogens with zero attached hydrogens (tertiary/aromatic N) is 3. The molecule has 0 spiro atoms. The van der Waals surface area contributed by atoms with Crippen molar-refractivity contribution in [1.82, 2.24) is 9.55 Å². The number of ether oxygens (including phenoxy) is 1. The summed E-state index contributed by atoms with van der Waals surface area (Å²) >= 11 is 3.06. The highest BCUT2D eigenvalue weighted by atomic mass is 32.1. The molecule has 5 aromatic rings. The topological polar surface area (TPSA) is 56.5 Å². The van der Waals surface area contributed by atoms with E-state index in [1.807, 2.05) is 24.3 Å². The van der Waals surface area contributed by atoms with Crippen molar-refractivity contribution in [2.24, 2.45) is 4.99 Å². The van der Waals surface area contributed by atoms with Crippen LogP contribution in [-0.2, 0) is 11.3 Å². The molecule has 2 heterocycles. The summed E-state index contributed by atoms with van der Waals surface area (Å²) in [5, 5.41) is 2.34. The Morgan fingerprint density at radius 2 is 2.07 bits per heavy atom. The maximum absolute atomic E-state index is 12.9. The lowest BCUT2D eigenvalue weighted by Crippen LogP contribution is -2.19. The lowest BCUT2D eigenvalue weighted by Gasteiger charge is -2.05. The van der Waals surface area contributed by atoms with Crippen molar-refractivity contribution < 1.29 is 9.53 Å². The fourth-order valence-corrected chi connectivity index (χ4v) is 5.33. The number of carbonyl (C=O) groups excluding carboxylic acids is 1. The normalized spacial score (nSPS) is 12.4. The Balaban J connectivity index is 1.69. The molecule has 0 atom stereocenters. The molecular formula is C22H17N3O2S2. The Morgan fingerprint density at radius 3 is 2.97 bits per heavy atom. The Kier molecular flexibility index (Phi) is 4.71. The van der Waals surface area contributed by atoms with Crippen LogP contribution in [0.2, 0.25) is 0 Å². The highest BCUT2D eigenvalue weighted by molar-refractivity contribution is 7.17. The molecule has 0 saturated carbocycles. The van der Waals surface area contributed by atoms with Gasteiger partial charge in [-0.05, 0) is 29.7 Å². The third kappa shape index (κ3) is 3.27. The summed E-state index contributed by atoms with van der Waals surface area (Å²) < 4.78 is 9.47. The lowest BCUT2D eigenvalue weighted by molar-refractivity contribution is 0.0997. The van der Waals surface area contributed by atoms with Gasteiger partial charge in [0.15, 0.2) is 4.80 Å². The van der Waals surface area contributed by atoms with E-state index in [-0.39, 0.29) is 5.91 Å². The van der Waals surface area contributed by atoms with Gasteiger partial charge in [-0.15, -0.1) is 11.3 Å². The van der Waals surface area contributed by atoms with Crippen LogP contribution in [0.3, 0.4) is 0 Å². The molecule has 3 aromatic carbocycles. The van der Waals surface area contributed by atoms with Gasteiger partial charge in [-0.25, -0.2) is 4.98 Å². The summed E-state index contributed by atoms with van der Waals surface area (Å²) in [7, 11) is 1.68. The van der Waals surface area contributed by atoms with E-state index < -0.39 is 0 Å². The average molecular weight is 420 g/mol. The summed E-state index contributed by atoms with van der Waals surface area (Å²) in [6, 6.07) is 18.0. The molecule has 0 aliphatic carbocycles. The molecule has 144 valence electrons. The van der Waals surface area contributed by atoms with Crippen molar-refractivity contribution in [3.8, 4) is 0 Å². The number of carbonyl (C=O) groups is 1. The Labute approximate surface area is 174 Å². The van der Waals surface area contributed by atoms with E-state index in [0.717, 1.165) is 20.4 Å². The predicted molar refractivity (Wildman–Crippen MR) is 119 cm³/mol. The number of amides is 1. The van der Waals surface area contributed by atoms with Crippen molar-refractivity contribution in [3.05, 3.63) is 70.5 Å². The molecule has 0 aliphatic rings. The van der Waals surface area contributed by atoms with Crippen LogP contribution in [0.15, 0.2) is 65.1 Å². The largest absolute Gasteiger partial charge is 0.383 e. The van der Waals surface area contributed by atoms with Crippen molar-refractivity contribution >= 4 is 59.8 Å². The quantitative estimate of drug-likeness (QED) is 0.418. The highest BCUT2D eigenvalue weighted by Crippen LogP contribution is 2.28. The molecule has 0 unspecified atom stereocenters. The van der Waals surface area contributed by atoms with Crippen LogP contribution in [0.25, 0.3) is 31.2 Å². The molecule has 7 heteroatoms. The average Bonchev–Trinajstić information content (AvgIpc) is 3.36. The van der Waals surface area contributed by atoms with Crippen LogP contribution < -0.4 is 4.80 Å². The SMILES string of the molecule is COCCn1c(=NC(=O)c2ccc3ncsc3c2)sc2c3ccccc3ccc21. The van der Waals surface area contributed by atoms with Gasteiger partial charge in [-0.1, -0.05) is 41.7 Å². The summed E-state index contributed by atoms with van der Waals surface area (Å²) in [6.45, 7) is 1.18. The van der Waals surface area contributed by atoms with Crippen molar-refractivity contribution in [2.45, 2.75) is 6.54 Å². The van der Waals surface area contributed by atoms with Gasteiger partial charge in [0.05, 0.1) is 32.6 Å². The highest BCUT2D eigenvalue weighted by Gasteiger charge is 2.12. The van der Waals surface area contributed by atoms with Crippen LogP contribution >= 0.6 is 22.7 Å². The molecule has 29 heavy (non-hydrogen) atoms. The van der Waals surface area contributed by atoms with Gasteiger partial charge < -0.3 is 9.30 Å². The van der Waals surface area contributed by atoms with E-state index in [1.165, 1.54) is 22.1 Å². The van der Waals surface area contributed by atoms with Gasteiger partial charge in [0.25, 0.3) is 5.91 Å². The van der Waals surface area contributed by atoms with E-state index in [4.69, 9.17) is 4.74 Å². The number of hydrogen-bond acceptors (Lipinski definition) is 5. The standard InChI is InChI=1S/C22H17N3O2S2/c1-27-11-10-25-18-9-7-14-4-2-3-5-16(14)20(18)29-22(25)24-21(26)15-6-8-17-19(12-15)28-13-23-17/h2-9,12-13H,10-11H2,1H3. The number of benzene rings is 3. The van der Waals surface area contributed by atoms with Crippen LogP contribution in [0.4, 0.5) is 0 Å². The van der Waals surface area contributed by atoms with Gasteiger partial charge in [0, 0.05) is 24.6 Å². The zero-order valence-electron chi connectivity index (χ0n) is 15.7. The Hall–Kier alpha value is -2.87. The third-order valence-corrected chi connectivity index (χ3v) is 6.79. The van der Waals surface area contributed by atoms with Gasteiger partial charge >= 0.3 is 0 Å². The second-order valence-corrected chi connectivity index (χ2v) is 8.48. The number of fused-ring (bicyclic) bond motifs is 4. The molecule has 5 nitrogen and oxygen atoms in total. The smallest absolute Gasteiger partial charge is 0.279 e. The first-order chi connectivity index (χ1) is 14.2. The lowest BCUT2D eigenvalue weighted by atomic mass is 10.1. The molecule has 0 saturated heterocycles. The molecular weight excluding hydrogens is 402 g/mol. The first-order valence-corrected chi connectivity index (χ1v) is 10.9. The second kappa shape index (κ2) is 7.51. The molecule has 2 aromatic heterocycles.